The Morgan fingerprint density at radius 2 is 1.80 bits per heavy atom. The minimum Gasteiger partial charge on any atom is -0.481 e. The first-order valence-corrected chi connectivity index (χ1v) is 5.30. The molecule has 1 aromatic heterocycles. The second-order valence-corrected chi connectivity index (χ2v) is 4.66. The van der Waals surface area contributed by atoms with Gasteiger partial charge in [-0.3, -0.25) is 9.59 Å². The van der Waals surface area contributed by atoms with E-state index in [-0.39, 0.29) is 12.8 Å². The quantitative estimate of drug-likeness (QED) is 0.809. The van der Waals surface area contributed by atoms with Crippen LogP contribution < -0.4 is 0 Å². The summed E-state index contributed by atoms with van der Waals surface area (Å²) in [6.07, 6.45) is -0.265. The fourth-order valence-electron chi connectivity index (χ4n) is 1.37. The number of carboxylic acid groups (broad SMARTS) is 2. The average Bonchev–Trinajstić information content (AvgIpc) is 2.48. The molecule has 2 N–H and O–H groups in total. The van der Waals surface area contributed by atoms with Gasteiger partial charge in [0, 0.05) is 15.7 Å². The van der Waals surface area contributed by atoms with E-state index >= 15 is 0 Å². The van der Waals surface area contributed by atoms with Crippen molar-refractivity contribution in [2.75, 3.05) is 0 Å². The highest BCUT2D eigenvalue weighted by atomic mass is 32.1. The molecule has 4 nitrogen and oxygen atoms in total. The zero-order chi connectivity index (χ0) is 11.4. The lowest BCUT2D eigenvalue weighted by Crippen LogP contribution is -2.09. The molecule has 0 atom stereocenters. The summed E-state index contributed by atoms with van der Waals surface area (Å²) in [5, 5.41) is 17.4. The van der Waals surface area contributed by atoms with E-state index in [1.165, 1.54) is 11.3 Å². The molecule has 0 aromatic carbocycles. The molecule has 1 rings (SSSR count). The lowest BCUT2D eigenvalue weighted by Gasteiger charge is -2.09. The third kappa shape index (κ3) is 3.71. The predicted octanol–water partition coefficient (Wildman–Crippen LogP) is 2.09. The van der Waals surface area contributed by atoms with Crippen molar-refractivity contribution >= 4 is 23.3 Å². The number of thiophene rings is 1. The van der Waals surface area contributed by atoms with Gasteiger partial charge in [-0.15, -0.1) is 11.3 Å². The molecule has 0 fully saturated rings. The van der Waals surface area contributed by atoms with Crippen LogP contribution in [0.25, 0.3) is 0 Å². The molecule has 82 valence electrons. The van der Waals surface area contributed by atoms with E-state index in [2.05, 4.69) is 0 Å². The number of aryl methyl sites for hydroxylation is 1. The van der Waals surface area contributed by atoms with Crippen molar-refractivity contribution in [3.8, 4) is 0 Å². The summed E-state index contributed by atoms with van der Waals surface area (Å²) in [4.78, 5) is 23.1. The van der Waals surface area contributed by atoms with Crippen molar-refractivity contribution in [3.05, 3.63) is 21.9 Å². The van der Waals surface area contributed by atoms with Gasteiger partial charge in [0.1, 0.15) is 0 Å². The highest BCUT2D eigenvalue weighted by Gasteiger charge is 2.20. The van der Waals surface area contributed by atoms with Gasteiger partial charge < -0.3 is 10.2 Å². The summed E-state index contributed by atoms with van der Waals surface area (Å²) in [5.41, 5.74) is 0. The fourth-order valence-corrected chi connectivity index (χ4v) is 2.35. The maximum atomic E-state index is 10.6. The molecule has 5 heteroatoms. The molecule has 0 bridgehead atoms. The van der Waals surface area contributed by atoms with Gasteiger partial charge in [-0.05, 0) is 19.1 Å². The van der Waals surface area contributed by atoms with Crippen LogP contribution in [0.15, 0.2) is 12.1 Å². The van der Waals surface area contributed by atoms with E-state index in [4.69, 9.17) is 10.2 Å². The first kappa shape index (κ1) is 11.7. The summed E-state index contributed by atoms with van der Waals surface area (Å²) in [6, 6.07) is 3.67. The number of rotatable bonds is 5. The summed E-state index contributed by atoms with van der Waals surface area (Å²) in [6.45, 7) is 1.91. The molecule has 0 spiro atoms. The molecule has 0 aliphatic rings. The maximum absolute atomic E-state index is 10.6. The van der Waals surface area contributed by atoms with E-state index in [9.17, 15) is 9.59 Å². The first-order valence-electron chi connectivity index (χ1n) is 4.49. The van der Waals surface area contributed by atoms with Crippen LogP contribution in [0.2, 0.25) is 0 Å². The standard InChI is InChI=1S/C10H12O4S/c1-6-2-3-8(15-6)7(4-9(11)12)5-10(13)14/h2-3,7H,4-5H2,1H3,(H,11,12)(H,13,14). The summed E-state index contributed by atoms with van der Waals surface area (Å²) in [5.74, 6) is -2.35. The molecule has 0 unspecified atom stereocenters. The lowest BCUT2D eigenvalue weighted by atomic mass is 10.00. The summed E-state index contributed by atoms with van der Waals surface area (Å²) in [7, 11) is 0. The normalized spacial score (nSPS) is 10.5. The summed E-state index contributed by atoms with van der Waals surface area (Å²) < 4.78 is 0. The highest BCUT2D eigenvalue weighted by Crippen LogP contribution is 2.29. The second kappa shape index (κ2) is 4.93. The van der Waals surface area contributed by atoms with E-state index in [0.717, 1.165) is 9.75 Å². The van der Waals surface area contributed by atoms with E-state index in [1.807, 2.05) is 13.0 Å². The van der Waals surface area contributed by atoms with Crippen LogP contribution in [0, 0.1) is 6.92 Å². The number of aliphatic carboxylic acids is 2. The van der Waals surface area contributed by atoms with Gasteiger partial charge in [0.15, 0.2) is 0 Å². The van der Waals surface area contributed by atoms with Gasteiger partial charge in [0.2, 0.25) is 0 Å². The van der Waals surface area contributed by atoms with Crippen LogP contribution in [0.4, 0.5) is 0 Å². The van der Waals surface area contributed by atoms with Crippen LogP contribution in [0.5, 0.6) is 0 Å². The van der Waals surface area contributed by atoms with Crippen molar-refractivity contribution in [2.45, 2.75) is 25.7 Å². The van der Waals surface area contributed by atoms with E-state index in [0.29, 0.717) is 0 Å². The van der Waals surface area contributed by atoms with Crippen LogP contribution in [0.3, 0.4) is 0 Å². The third-order valence-electron chi connectivity index (χ3n) is 2.01. The molecule has 0 aliphatic heterocycles. The van der Waals surface area contributed by atoms with Gasteiger partial charge in [-0.1, -0.05) is 0 Å². The number of carbonyl (C=O) groups is 2. The van der Waals surface area contributed by atoms with E-state index in [1.54, 1.807) is 6.07 Å². The molecule has 1 heterocycles. The topological polar surface area (TPSA) is 74.6 Å². The van der Waals surface area contributed by atoms with E-state index < -0.39 is 17.9 Å². The van der Waals surface area contributed by atoms with Gasteiger partial charge in [0.25, 0.3) is 0 Å². The lowest BCUT2D eigenvalue weighted by molar-refractivity contribution is -0.139. The average molecular weight is 228 g/mol. The molecule has 15 heavy (non-hydrogen) atoms. The SMILES string of the molecule is Cc1ccc(C(CC(=O)O)CC(=O)O)s1. The monoisotopic (exact) mass is 228 g/mol. The molecule has 0 radical (unpaired) electrons. The summed E-state index contributed by atoms with van der Waals surface area (Å²) >= 11 is 1.45. The zero-order valence-corrected chi connectivity index (χ0v) is 9.08. The molecule has 0 aliphatic carbocycles. The van der Waals surface area contributed by atoms with Gasteiger partial charge in [-0.2, -0.15) is 0 Å². The van der Waals surface area contributed by atoms with Crippen LogP contribution in [0.1, 0.15) is 28.5 Å². The molecule has 0 saturated heterocycles. The van der Waals surface area contributed by atoms with Crippen molar-refractivity contribution in [2.24, 2.45) is 0 Å². The Labute approximate surface area is 91.2 Å². The van der Waals surface area contributed by atoms with Gasteiger partial charge in [0.05, 0.1) is 12.8 Å². The van der Waals surface area contributed by atoms with Crippen LogP contribution in [-0.4, -0.2) is 22.2 Å². The number of hydrogen-bond donors (Lipinski definition) is 2. The molecule has 0 saturated carbocycles. The Morgan fingerprint density at radius 3 is 2.13 bits per heavy atom. The Balaban J connectivity index is 2.80. The van der Waals surface area contributed by atoms with Crippen molar-refractivity contribution < 1.29 is 19.8 Å². The van der Waals surface area contributed by atoms with Gasteiger partial charge in [-0.25, -0.2) is 0 Å². The van der Waals surface area contributed by atoms with Crippen LogP contribution >= 0.6 is 11.3 Å². The van der Waals surface area contributed by atoms with Gasteiger partial charge >= 0.3 is 11.9 Å². The molecular formula is C10H12O4S. The minimum absolute atomic E-state index is 0.133. The minimum atomic E-state index is -0.965. The largest absolute Gasteiger partial charge is 0.481 e. The number of carboxylic acids is 2. The Kier molecular flexibility index (Phi) is 3.85. The van der Waals surface area contributed by atoms with Crippen LogP contribution in [-0.2, 0) is 9.59 Å². The second-order valence-electron chi connectivity index (χ2n) is 3.34. The first-order chi connectivity index (χ1) is 6.99. The number of hydrogen-bond acceptors (Lipinski definition) is 3. The third-order valence-corrected chi connectivity index (χ3v) is 3.17. The Morgan fingerprint density at radius 1 is 1.27 bits per heavy atom. The molecule has 0 amide bonds. The molecular weight excluding hydrogens is 216 g/mol. The Bertz CT molecular complexity index is 353. The molecule has 1 aromatic rings. The van der Waals surface area contributed by atoms with Crippen molar-refractivity contribution in [1.82, 2.24) is 0 Å². The Hall–Kier alpha value is -1.36. The van der Waals surface area contributed by atoms with Crippen molar-refractivity contribution in [3.63, 3.8) is 0 Å². The fraction of sp³-hybridized carbons (Fsp3) is 0.400. The smallest absolute Gasteiger partial charge is 0.304 e. The zero-order valence-electron chi connectivity index (χ0n) is 8.27. The highest BCUT2D eigenvalue weighted by molar-refractivity contribution is 7.12. The van der Waals surface area contributed by atoms with Crippen molar-refractivity contribution in [1.29, 1.82) is 0 Å². The maximum Gasteiger partial charge on any atom is 0.304 e. The predicted molar refractivity (Wildman–Crippen MR) is 56.3 cm³/mol.